The second-order valence-corrected chi connectivity index (χ2v) is 6.36. The summed E-state index contributed by atoms with van der Waals surface area (Å²) in [5, 5.41) is 8.53. The predicted molar refractivity (Wildman–Crippen MR) is 91.6 cm³/mol. The molecule has 2 nitrogen and oxygen atoms in total. The first kappa shape index (κ1) is 20.2. The summed E-state index contributed by atoms with van der Waals surface area (Å²) in [5.74, 6) is 0.163. The van der Waals surface area contributed by atoms with Crippen LogP contribution in [0.4, 0.5) is 0 Å². The molecular weight excluding hydrogens is 260 g/mol. The lowest BCUT2D eigenvalue weighted by atomic mass is 9.99. The summed E-state index contributed by atoms with van der Waals surface area (Å²) in [6, 6.07) is 0. The van der Waals surface area contributed by atoms with Gasteiger partial charge in [0.1, 0.15) is 0 Å². The van der Waals surface area contributed by atoms with Crippen LogP contribution in [0.15, 0.2) is 12.2 Å². The van der Waals surface area contributed by atoms with Crippen LogP contribution in [0.2, 0.25) is 0 Å². The Bertz CT molecular complexity index is 258. The van der Waals surface area contributed by atoms with Crippen molar-refractivity contribution < 1.29 is 9.90 Å². The summed E-state index contributed by atoms with van der Waals surface area (Å²) < 4.78 is 0. The van der Waals surface area contributed by atoms with Crippen LogP contribution in [0.5, 0.6) is 0 Å². The lowest BCUT2D eigenvalue weighted by molar-refractivity contribution is -0.137. The maximum atomic E-state index is 10.4. The fourth-order valence-corrected chi connectivity index (χ4v) is 2.55. The van der Waals surface area contributed by atoms with Gasteiger partial charge in [0.15, 0.2) is 0 Å². The number of hydrogen-bond donors (Lipinski definition) is 1. The zero-order valence-corrected chi connectivity index (χ0v) is 14.3. The van der Waals surface area contributed by atoms with Crippen molar-refractivity contribution in [2.45, 2.75) is 97.3 Å². The Balaban J connectivity index is 3.26. The molecule has 0 aromatic rings. The molecule has 21 heavy (non-hydrogen) atoms. The first-order valence-electron chi connectivity index (χ1n) is 9.03. The minimum Gasteiger partial charge on any atom is -0.481 e. The Labute approximate surface area is 132 Å². The lowest BCUT2D eigenvalue weighted by Crippen LogP contribution is -1.93. The summed E-state index contributed by atoms with van der Waals surface area (Å²) in [7, 11) is 0. The van der Waals surface area contributed by atoms with Crippen molar-refractivity contribution in [2.24, 2.45) is 5.92 Å². The fraction of sp³-hybridized carbons (Fsp3) is 0.842. The maximum Gasteiger partial charge on any atom is 0.303 e. The van der Waals surface area contributed by atoms with Crippen LogP contribution in [0.25, 0.3) is 0 Å². The Hall–Kier alpha value is -0.790. The molecule has 0 aromatic heterocycles. The third-order valence-electron chi connectivity index (χ3n) is 4.02. The van der Waals surface area contributed by atoms with Crippen LogP contribution in [0, 0.1) is 5.92 Å². The van der Waals surface area contributed by atoms with Gasteiger partial charge in [0.2, 0.25) is 0 Å². The van der Waals surface area contributed by atoms with Crippen LogP contribution in [-0.4, -0.2) is 11.1 Å². The number of carboxylic acid groups (broad SMARTS) is 1. The average Bonchev–Trinajstić information content (AvgIpc) is 2.45. The summed E-state index contributed by atoms with van der Waals surface area (Å²) in [6.45, 7) is 4.62. The van der Waals surface area contributed by atoms with Gasteiger partial charge in [-0.1, -0.05) is 77.4 Å². The zero-order chi connectivity index (χ0) is 15.8. The number of allylic oxidation sites excluding steroid dienone is 2. The normalized spacial score (nSPS) is 12.9. The number of unbranched alkanes of at least 4 members (excludes halogenated alkanes) is 8. The molecule has 0 aromatic carbocycles. The summed E-state index contributed by atoms with van der Waals surface area (Å²) in [6.07, 6.45) is 19.8. The topological polar surface area (TPSA) is 37.3 Å². The number of carbonyl (C=O) groups is 1. The van der Waals surface area contributed by atoms with E-state index >= 15 is 0 Å². The van der Waals surface area contributed by atoms with Gasteiger partial charge in [-0.05, 0) is 31.6 Å². The predicted octanol–water partition coefficient (Wildman–Crippen LogP) is 6.35. The molecule has 2 heteroatoms. The van der Waals surface area contributed by atoms with Crippen LogP contribution in [0.3, 0.4) is 0 Å². The molecular formula is C19H36O2. The van der Waals surface area contributed by atoms with Crippen molar-refractivity contribution in [1.82, 2.24) is 0 Å². The first-order chi connectivity index (χ1) is 10.2. The van der Waals surface area contributed by atoms with E-state index in [4.69, 9.17) is 5.11 Å². The van der Waals surface area contributed by atoms with Crippen LogP contribution >= 0.6 is 0 Å². The summed E-state index contributed by atoms with van der Waals surface area (Å²) >= 11 is 0. The molecule has 0 radical (unpaired) electrons. The van der Waals surface area contributed by atoms with Gasteiger partial charge >= 0.3 is 5.97 Å². The minimum absolute atomic E-state index is 0.329. The van der Waals surface area contributed by atoms with E-state index in [0.29, 0.717) is 6.42 Å². The number of rotatable bonds is 15. The molecule has 0 aliphatic heterocycles. The van der Waals surface area contributed by atoms with Crippen molar-refractivity contribution in [3.8, 4) is 0 Å². The lowest BCUT2D eigenvalue weighted by Gasteiger charge is -2.07. The van der Waals surface area contributed by atoms with E-state index in [1.165, 1.54) is 64.2 Å². The third-order valence-corrected chi connectivity index (χ3v) is 4.02. The zero-order valence-electron chi connectivity index (χ0n) is 14.3. The van der Waals surface area contributed by atoms with Gasteiger partial charge in [0.05, 0.1) is 0 Å². The molecule has 0 heterocycles. The highest BCUT2D eigenvalue weighted by Gasteiger charge is 1.99. The molecule has 0 saturated carbocycles. The molecule has 1 atom stereocenters. The van der Waals surface area contributed by atoms with E-state index in [1.807, 2.05) is 0 Å². The fourth-order valence-electron chi connectivity index (χ4n) is 2.55. The molecule has 124 valence electrons. The molecule has 1 N–H and O–H groups in total. The number of carboxylic acids is 1. The van der Waals surface area contributed by atoms with Gasteiger partial charge in [-0.15, -0.1) is 0 Å². The molecule has 0 aliphatic carbocycles. The average molecular weight is 296 g/mol. The van der Waals surface area contributed by atoms with E-state index in [9.17, 15) is 4.79 Å². The summed E-state index contributed by atoms with van der Waals surface area (Å²) in [4.78, 5) is 10.4. The van der Waals surface area contributed by atoms with Gasteiger partial charge in [-0.2, -0.15) is 0 Å². The van der Waals surface area contributed by atoms with Crippen molar-refractivity contribution in [1.29, 1.82) is 0 Å². The standard InChI is InChI=1S/C19H36O2/c1-3-4-5-12-15-18(2)16-13-10-8-6-7-9-11-14-17-19(20)21/h10,13,18H,3-9,11-12,14-17H2,1-2H3,(H,20,21)/b13-10-. The largest absolute Gasteiger partial charge is 0.481 e. The minimum atomic E-state index is -0.665. The van der Waals surface area contributed by atoms with Crippen molar-refractivity contribution >= 4 is 5.97 Å². The highest BCUT2D eigenvalue weighted by molar-refractivity contribution is 5.66. The molecule has 0 saturated heterocycles. The van der Waals surface area contributed by atoms with E-state index in [2.05, 4.69) is 26.0 Å². The van der Waals surface area contributed by atoms with Gasteiger partial charge in [-0.3, -0.25) is 4.79 Å². The van der Waals surface area contributed by atoms with Gasteiger partial charge in [0.25, 0.3) is 0 Å². The monoisotopic (exact) mass is 296 g/mol. The quantitative estimate of drug-likeness (QED) is 0.282. The maximum absolute atomic E-state index is 10.4. The van der Waals surface area contributed by atoms with Crippen LogP contribution in [0.1, 0.15) is 97.3 Å². The SMILES string of the molecule is CCCCCCC(C)C/C=C\CCCCCCCC(=O)O. The molecule has 0 amide bonds. The highest BCUT2D eigenvalue weighted by atomic mass is 16.4. The first-order valence-corrected chi connectivity index (χ1v) is 9.03. The van der Waals surface area contributed by atoms with E-state index in [0.717, 1.165) is 18.8 Å². The summed E-state index contributed by atoms with van der Waals surface area (Å²) in [5.41, 5.74) is 0. The van der Waals surface area contributed by atoms with Gasteiger partial charge in [0, 0.05) is 6.42 Å². The highest BCUT2D eigenvalue weighted by Crippen LogP contribution is 2.14. The van der Waals surface area contributed by atoms with E-state index in [-0.39, 0.29) is 0 Å². The molecule has 0 fully saturated rings. The number of hydrogen-bond acceptors (Lipinski definition) is 1. The smallest absolute Gasteiger partial charge is 0.303 e. The van der Waals surface area contributed by atoms with E-state index in [1.54, 1.807) is 0 Å². The van der Waals surface area contributed by atoms with Gasteiger partial charge < -0.3 is 5.11 Å². The molecule has 1 unspecified atom stereocenters. The van der Waals surface area contributed by atoms with Gasteiger partial charge in [-0.25, -0.2) is 0 Å². The Kier molecular flexibility index (Phi) is 15.0. The van der Waals surface area contributed by atoms with Crippen molar-refractivity contribution in [3.63, 3.8) is 0 Å². The Morgan fingerprint density at radius 2 is 1.62 bits per heavy atom. The van der Waals surface area contributed by atoms with Crippen LogP contribution < -0.4 is 0 Å². The van der Waals surface area contributed by atoms with Crippen molar-refractivity contribution in [3.05, 3.63) is 12.2 Å². The molecule has 0 spiro atoms. The molecule has 0 rings (SSSR count). The molecule has 0 bridgehead atoms. The van der Waals surface area contributed by atoms with Crippen molar-refractivity contribution in [2.75, 3.05) is 0 Å². The Morgan fingerprint density at radius 3 is 2.33 bits per heavy atom. The number of aliphatic carboxylic acids is 1. The van der Waals surface area contributed by atoms with E-state index < -0.39 is 5.97 Å². The molecule has 0 aliphatic rings. The third kappa shape index (κ3) is 17.2. The Morgan fingerprint density at radius 1 is 0.952 bits per heavy atom. The second-order valence-electron chi connectivity index (χ2n) is 6.36. The van der Waals surface area contributed by atoms with Crippen LogP contribution in [-0.2, 0) is 4.79 Å². The second kappa shape index (κ2) is 15.6.